The van der Waals surface area contributed by atoms with Crippen LogP contribution in [0.5, 0.6) is 0 Å². The average molecular weight is 278 g/mol. The van der Waals surface area contributed by atoms with Crippen molar-refractivity contribution in [2.75, 3.05) is 19.6 Å². The lowest BCUT2D eigenvalue weighted by atomic mass is 9.78. The van der Waals surface area contributed by atoms with Crippen LogP contribution in [-0.4, -0.2) is 25.5 Å². The molecule has 2 rings (SSSR count). The highest BCUT2D eigenvalue weighted by Crippen LogP contribution is 2.41. The first-order valence-corrected chi connectivity index (χ1v) is 7.44. The number of hydrogen-bond acceptors (Lipinski definition) is 2. The van der Waals surface area contributed by atoms with Gasteiger partial charge in [0.05, 0.1) is 5.41 Å². The fraction of sp³-hybridized carbons (Fsp3) is 0.562. The minimum Gasteiger partial charge on any atom is -0.354 e. The molecule has 4 heteroatoms. The third-order valence-corrected chi connectivity index (χ3v) is 4.13. The second kappa shape index (κ2) is 6.84. The molecule has 0 saturated heterocycles. The van der Waals surface area contributed by atoms with E-state index in [2.05, 4.69) is 10.6 Å². The van der Waals surface area contributed by atoms with Gasteiger partial charge in [-0.05, 0) is 37.1 Å². The lowest BCUT2D eigenvalue weighted by molar-refractivity contribution is -0.126. The second-order valence-corrected chi connectivity index (χ2v) is 5.41. The van der Waals surface area contributed by atoms with Gasteiger partial charge >= 0.3 is 0 Å². The normalized spacial score (nSPS) is 17.1. The van der Waals surface area contributed by atoms with Crippen molar-refractivity contribution in [1.82, 2.24) is 10.6 Å². The Morgan fingerprint density at radius 2 is 1.85 bits per heavy atom. The van der Waals surface area contributed by atoms with Crippen LogP contribution >= 0.6 is 0 Å². The molecule has 1 fully saturated rings. The Morgan fingerprint density at radius 3 is 2.45 bits per heavy atom. The van der Waals surface area contributed by atoms with Crippen molar-refractivity contribution in [2.24, 2.45) is 0 Å². The molecule has 1 amide bonds. The molecule has 110 valence electrons. The highest BCUT2D eigenvalue weighted by Gasteiger charge is 2.42. The fourth-order valence-electron chi connectivity index (χ4n) is 3.00. The van der Waals surface area contributed by atoms with Crippen molar-refractivity contribution in [3.05, 3.63) is 35.6 Å². The van der Waals surface area contributed by atoms with Gasteiger partial charge < -0.3 is 10.6 Å². The molecule has 3 nitrogen and oxygen atoms in total. The Balaban J connectivity index is 2.09. The summed E-state index contributed by atoms with van der Waals surface area (Å²) in [6.07, 6.45) is 3.81. The van der Waals surface area contributed by atoms with E-state index in [9.17, 15) is 9.18 Å². The largest absolute Gasteiger partial charge is 0.354 e. The van der Waals surface area contributed by atoms with Gasteiger partial charge in [0.2, 0.25) is 5.91 Å². The van der Waals surface area contributed by atoms with Crippen LogP contribution in [0.1, 0.15) is 38.2 Å². The summed E-state index contributed by atoms with van der Waals surface area (Å²) in [7, 11) is 0. The van der Waals surface area contributed by atoms with Gasteiger partial charge in [0.1, 0.15) is 5.82 Å². The van der Waals surface area contributed by atoms with Crippen LogP contribution in [0.15, 0.2) is 24.3 Å². The lowest BCUT2D eigenvalue weighted by Gasteiger charge is -2.28. The predicted octanol–water partition coefficient (Wildman–Crippen LogP) is 2.36. The van der Waals surface area contributed by atoms with Crippen molar-refractivity contribution in [1.29, 1.82) is 0 Å². The summed E-state index contributed by atoms with van der Waals surface area (Å²) in [6.45, 7) is 4.36. The predicted molar refractivity (Wildman–Crippen MR) is 78.1 cm³/mol. The number of halogens is 1. The minimum absolute atomic E-state index is 0.0829. The molecular formula is C16H23FN2O. The van der Waals surface area contributed by atoms with Crippen LogP contribution in [0.25, 0.3) is 0 Å². The average Bonchev–Trinajstić information content (AvgIpc) is 2.95. The summed E-state index contributed by atoms with van der Waals surface area (Å²) in [5.74, 6) is -0.172. The molecule has 2 N–H and O–H groups in total. The molecule has 1 aromatic rings. The molecule has 1 aliphatic carbocycles. The molecule has 0 aromatic heterocycles. The van der Waals surface area contributed by atoms with Gasteiger partial charge in [-0.1, -0.05) is 31.9 Å². The van der Waals surface area contributed by atoms with E-state index >= 15 is 0 Å². The molecule has 20 heavy (non-hydrogen) atoms. The van der Waals surface area contributed by atoms with Gasteiger partial charge in [-0.3, -0.25) is 4.79 Å². The van der Waals surface area contributed by atoms with Gasteiger partial charge in [0.15, 0.2) is 0 Å². The molecular weight excluding hydrogens is 255 g/mol. The Morgan fingerprint density at radius 1 is 1.20 bits per heavy atom. The van der Waals surface area contributed by atoms with Crippen LogP contribution < -0.4 is 10.6 Å². The maximum atomic E-state index is 13.1. The van der Waals surface area contributed by atoms with Crippen LogP contribution in [-0.2, 0) is 10.2 Å². The van der Waals surface area contributed by atoms with E-state index in [1.54, 1.807) is 12.1 Å². The smallest absolute Gasteiger partial charge is 0.230 e. The summed E-state index contributed by atoms with van der Waals surface area (Å²) in [6, 6.07) is 6.40. The van der Waals surface area contributed by atoms with Gasteiger partial charge in [0, 0.05) is 13.1 Å². The number of amides is 1. The van der Waals surface area contributed by atoms with Crippen molar-refractivity contribution < 1.29 is 9.18 Å². The first kappa shape index (κ1) is 15.0. The van der Waals surface area contributed by atoms with Crippen LogP contribution in [0.4, 0.5) is 4.39 Å². The van der Waals surface area contributed by atoms with Gasteiger partial charge in [-0.25, -0.2) is 4.39 Å². The zero-order valence-corrected chi connectivity index (χ0v) is 12.0. The molecule has 0 heterocycles. The van der Waals surface area contributed by atoms with Crippen molar-refractivity contribution in [3.8, 4) is 0 Å². The van der Waals surface area contributed by atoms with E-state index < -0.39 is 5.41 Å². The molecule has 0 aliphatic heterocycles. The van der Waals surface area contributed by atoms with E-state index in [1.807, 2.05) is 6.92 Å². The van der Waals surface area contributed by atoms with Gasteiger partial charge in [-0.2, -0.15) is 0 Å². The number of likely N-dealkylation sites (N-methyl/N-ethyl adjacent to an activating group) is 1. The summed E-state index contributed by atoms with van der Waals surface area (Å²) < 4.78 is 13.1. The number of nitrogens with one attached hydrogen (secondary N) is 2. The van der Waals surface area contributed by atoms with Crippen LogP contribution in [0, 0.1) is 5.82 Å². The number of carbonyl (C=O) groups is 1. The third-order valence-electron chi connectivity index (χ3n) is 4.13. The highest BCUT2D eigenvalue weighted by molar-refractivity contribution is 5.88. The monoisotopic (exact) mass is 278 g/mol. The van der Waals surface area contributed by atoms with Crippen LogP contribution in [0.3, 0.4) is 0 Å². The van der Waals surface area contributed by atoms with Gasteiger partial charge in [-0.15, -0.1) is 0 Å². The maximum Gasteiger partial charge on any atom is 0.230 e. The van der Waals surface area contributed by atoms with Crippen molar-refractivity contribution in [3.63, 3.8) is 0 Å². The lowest BCUT2D eigenvalue weighted by Crippen LogP contribution is -2.44. The number of hydrogen-bond donors (Lipinski definition) is 2. The SMILES string of the molecule is CCNCCNC(=O)C1(c2ccc(F)cc2)CCCC1. The molecule has 1 saturated carbocycles. The molecule has 0 bridgehead atoms. The van der Waals surface area contributed by atoms with Gasteiger partial charge in [0.25, 0.3) is 0 Å². The first-order valence-electron chi connectivity index (χ1n) is 7.44. The standard InChI is InChI=1S/C16H23FN2O/c1-2-18-11-12-19-15(20)16(9-3-4-10-16)13-5-7-14(17)8-6-13/h5-8,18H,2-4,9-12H2,1H3,(H,19,20). The van der Waals surface area contributed by atoms with Crippen LogP contribution in [0.2, 0.25) is 0 Å². The summed E-state index contributed by atoms with van der Waals surface area (Å²) >= 11 is 0. The zero-order valence-electron chi connectivity index (χ0n) is 12.0. The second-order valence-electron chi connectivity index (χ2n) is 5.41. The summed E-state index contributed by atoms with van der Waals surface area (Å²) in [4.78, 5) is 12.6. The van der Waals surface area contributed by atoms with E-state index in [4.69, 9.17) is 0 Å². The molecule has 0 unspecified atom stereocenters. The minimum atomic E-state index is -0.458. The Hall–Kier alpha value is -1.42. The first-order chi connectivity index (χ1) is 9.69. The summed E-state index contributed by atoms with van der Waals surface area (Å²) in [5.41, 5.74) is 0.484. The number of benzene rings is 1. The zero-order chi connectivity index (χ0) is 14.4. The Labute approximate surface area is 120 Å². The molecule has 1 aromatic carbocycles. The quantitative estimate of drug-likeness (QED) is 0.784. The van der Waals surface area contributed by atoms with E-state index in [0.29, 0.717) is 6.54 Å². The van der Waals surface area contributed by atoms with Crippen molar-refractivity contribution >= 4 is 5.91 Å². The third kappa shape index (κ3) is 3.18. The molecule has 1 aliphatic rings. The fourth-order valence-corrected chi connectivity index (χ4v) is 3.00. The van der Waals surface area contributed by atoms with E-state index in [0.717, 1.165) is 44.3 Å². The highest BCUT2D eigenvalue weighted by atomic mass is 19.1. The Bertz CT molecular complexity index is 438. The number of carbonyl (C=O) groups excluding carboxylic acids is 1. The Kier molecular flexibility index (Phi) is 5.12. The molecule has 0 atom stereocenters. The number of rotatable bonds is 6. The summed E-state index contributed by atoms with van der Waals surface area (Å²) in [5, 5.41) is 6.21. The molecule has 0 spiro atoms. The van der Waals surface area contributed by atoms with E-state index in [1.165, 1.54) is 12.1 Å². The van der Waals surface area contributed by atoms with Crippen molar-refractivity contribution in [2.45, 2.75) is 38.0 Å². The molecule has 0 radical (unpaired) electrons. The topological polar surface area (TPSA) is 41.1 Å². The van der Waals surface area contributed by atoms with E-state index in [-0.39, 0.29) is 11.7 Å². The maximum absolute atomic E-state index is 13.1.